The van der Waals surface area contributed by atoms with Crippen LogP contribution in [0.5, 0.6) is 0 Å². The van der Waals surface area contributed by atoms with Crippen LogP contribution >= 0.6 is 0 Å². The molecule has 88 valence electrons. The van der Waals surface area contributed by atoms with Crippen LogP contribution in [0.4, 0.5) is 0 Å². The van der Waals surface area contributed by atoms with Gasteiger partial charge < -0.3 is 5.32 Å². The van der Waals surface area contributed by atoms with Gasteiger partial charge in [0.25, 0.3) is 0 Å². The largest absolute Gasteiger partial charge is 0.316 e. The number of hydrogen-bond acceptors (Lipinski definition) is 2. The van der Waals surface area contributed by atoms with Crippen molar-refractivity contribution < 1.29 is 0 Å². The molecule has 2 heteroatoms. The molecule has 2 nitrogen and oxygen atoms in total. The van der Waals surface area contributed by atoms with Gasteiger partial charge >= 0.3 is 0 Å². The molecule has 3 rings (SSSR count). The molecule has 0 unspecified atom stereocenters. The van der Waals surface area contributed by atoms with Gasteiger partial charge in [-0.2, -0.15) is 0 Å². The molecule has 1 N–H and O–H groups in total. The van der Waals surface area contributed by atoms with Crippen LogP contribution in [0, 0.1) is 13.8 Å². The smallest absolute Gasteiger partial charge is 0.0708 e. The maximum absolute atomic E-state index is 4.84. The molecule has 0 bridgehead atoms. The minimum atomic E-state index is 1.05. The number of benzene rings is 1. The van der Waals surface area contributed by atoms with Gasteiger partial charge in [-0.3, -0.25) is 4.98 Å². The van der Waals surface area contributed by atoms with E-state index >= 15 is 0 Å². The van der Waals surface area contributed by atoms with Gasteiger partial charge in [-0.1, -0.05) is 11.6 Å². The van der Waals surface area contributed by atoms with Crippen LogP contribution in [0.3, 0.4) is 0 Å². The van der Waals surface area contributed by atoms with Gasteiger partial charge in [-0.05, 0) is 50.1 Å². The van der Waals surface area contributed by atoms with Crippen LogP contribution in [0.15, 0.2) is 18.2 Å². The molecule has 1 aromatic carbocycles. The monoisotopic (exact) mass is 226 g/mol. The Morgan fingerprint density at radius 1 is 1.12 bits per heavy atom. The van der Waals surface area contributed by atoms with Gasteiger partial charge in [0.2, 0.25) is 0 Å². The zero-order valence-electron chi connectivity index (χ0n) is 10.5. The van der Waals surface area contributed by atoms with E-state index in [1.165, 1.54) is 27.8 Å². The first-order valence-corrected chi connectivity index (χ1v) is 6.35. The number of pyridine rings is 1. The Balaban J connectivity index is 2.29. The van der Waals surface area contributed by atoms with Gasteiger partial charge in [0.1, 0.15) is 0 Å². The Bertz CT molecular complexity index is 573. The molecule has 0 radical (unpaired) electrons. The summed E-state index contributed by atoms with van der Waals surface area (Å²) >= 11 is 0. The topological polar surface area (TPSA) is 24.9 Å². The first-order chi connectivity index (χ1) is 8.25. The van der Waals surface area contributed by atoms with E-state index < -0.39 is 0 Å². The van der Waals surface area contributed by atoms with Crippen molar-refractivity contribution in [2.75, 3.05) is 13.1 Å². The van der Waals surface area contributed by atoms with Crippen molar-refractivity contribution in [3.8, 4) is 0 Å². The molecular weight excluding hydrogens is 208 g/mol. The third kappa shape index (κ3) is 1.83. The Morgan fingerprint density at radius 2 is 1.94 bits per heavy atom. The van der Waals surface area contributed by atoms with E-state index in [9.17, 15) is 0 Å². The average Bonchev–Trinajstić information content (AvgIpc) is 2.56. The summed E-state index contributed by atoms with van der Waals surface area (Å²) in [6.07, 6.45) is 2.16. The lowest BCUT2D eigenvalue weighted by atomic mass is 9.97. The van der Waals surface area contributed by atoms with Gasteiger partial charge in [0.05, 0.1) is 5.52 Å². The summed E-state index contributed by atoms with van der Waals surface area (Å²) in [5.41, 5.74) is 6.65. The van der Waals surface area contributed by atoms with Crippen molar-refractivity contribution in [2.24, 2.45) is 0 Å². The van der Waals surface area contributed by atoms with E-state index in [0.29, 0.717) is 0 Å². The predicted molar refractivity (Wildman–Crippen MR) is 71.5 cm³/mol. The second kappa shape index (κ2) is 4.11. The van der Waals surface area contributed by atoms with E-state index in [-0.39, 0.29) is 0 Å². The van der Waals surface area contributed by atoms with E-state index in [4.69, 9.17) is 4.98 Å². The highest BCUT2D eigenvalue weighted by Gasteiger charge is 2.14. The minimum Gasteiger partial charge on any atom is -0.316 e. The quantitative estimate of drug-likeness (QED) is 0.746. The van der Waals surface area contributed by atoms with E-state index in [2.05, 4.69) is 37.4 Å². The lowest BCUT2D eigenvalue weighted by Gasteiger charge is -2.12. The number of aromatic nitrogens is 1. The van der Waals surface area contributed by atoms with Crippen molar-refractivity contribution in [1.82, 2.24) is 10.3 Å². The van der Waals surface area contributed by atoms with Gasteiger partial charge in [-0.25, -0.2) is 0 Å². The normalized spacial score (nSPS) is 15.6. The second-order valence-corrected chi connectivity index (χ2v) is 4.93. The van der Waals surface area contributed by atoms with Crippen LogP contribution in [0.2, 0.25) is 0 Å². The third-order valence-electron chi connectivity index (χ3n) is 3.70. The molecule has 0 spiro atoms. The summed E-state index contributed by atoms with van der Waals surface area (Å²) in [6.45, 7) is 6.52. The lowest BCUT2D eigenvalue weighted by molar-refractivity contribution is 0.708. The molecule has 17 heavy (non-hydrogen) atoms. The Kier molecular flexibility index (Phi) is 2.60. The molecule has 0 saturated carbocycles. The Hall–Kier alpha value is -1.41. The number of nitrogens with zero attached hydrogens (tertiary/aromatic N) is 1. The Morgan fingerprint density at radius 3 is 2.82 bits per heavy atom. The molecule has 2 heterocycles. The summed E-state index contributed by atoms with van der Waals surface area (Å²) in [4.78, 5) is 4.84. The highest BCUT2D eigenvalue weighted by Crippen LogP contribution is 2.25. The molecule has 0 saturated heterocycles. The molecule has 0 amide bonds. The van der Waals surface area contributed by atoms with Crippen LogP contribution in [0.25, 0.3) is 10.9 Å². The van der Waals surface area contributed by atoms with Crippen molar-refractivity contribution in [2.45, 2.75) is 26.7 Å². The first kappa shape index (κ1) is 10.7. The lowest BCUT2D eigenvalue weighted by Crippen LogP contribution is -2.16. The molecule has 0 fully saturated rings. The van der Waals surface area contributed by atoms with Crippen LogP contribution in [0.1, 0.15) is 22.4 Å². The number of rotatable bonds is 0. The van der Waals surface area contributed by atoms with Crippen LogP contribution in [-0.4, -0.2) is 18.1 Å². The Labute approximate surface area is 102 Å². The molecule has 1 aromatic heterocycles. The molecule has 1 aliphatic rings. The van der Waals surface area contributed by atoms with Crippen LogP contribution < -0.4 is 5.32 Å². The molecule has 2 aromatic rings. The molecule has 0 atom stereocenters. The van der Waals surface area contributed by atoms with E-state index in [0.717, 1.165) is 31.4 Å². The molecular formula is C15H18N2. The first-order valence-electron chi connectivity index (χ1n) is 6.35. The number of hydrogen-bond donors (Lipinski definition) is 1. The summed E-state index contributed by atoms with van der Waals surface area (Å²) in [5.74, 6) is 0. The average molecular weight is 226 g/mol. The van der Waals surface area contributed by atoms with Crippen molar-refractivity contribution in [1.29, 1.82) is 0 Å². The summed E-state index contributed by atoms with van der Waals surface area (Å²) < 4.78 is 0. The zero-order valence-corrected chi connectivity index (χ0v) is 10.5. The van der Waals surface area contributed by atoms with E-state index in [1.807, 2.05) is 0 Å². The maximum atomic E-state index is 4.84. The highest BCUT2D eigenvalue weighted by molar-refractivity contribution is 5.84. The van der Waals surface area contributed by atoms with E-state index in [1.54, 1.807) is 0 Å². The fourth-order valence-electron chi connectivity index (χ4n) is 2.72. The van der Waals surface area contributed by atoms with Gasteiger partial charge in [0.15, 0.2) is 0 Å². The summed E-state index contributed by atoms with van der Waals surface area (Å²) in [7, 11) is 0. The number of nitrogens with one attached hydrogen (secondary N) is 1. The van der Waals surface area contributed by atoms with Gasteiger partial charge in [-0.15, -0.1) is 0 Å². The second-order valence-electron chi connectivity index (χ2n) is 4.93. The summed E-state index contributed by atoms with van der Waals surface area (Å²) in [6, 6.07) is 6.56. The summed E-state index contributed by atoms with van der Waals surface area (Å²) in [5, 5.41) is 4.77. The van der Waals surface area contributed by atoms with Crippen molar-refractivity contribution >= 4 is 10.9 Å². The predicted octanol–water partition coefficient (Wildman–Crippen LogP) is 2.54. The van der Waals surface area contributed by atoms with Gasteiger partial charge in [0, 0.05) is 24.0 Å². The van der Waals surface area contributed by atoms with Crippen molar-refractivity contribution in [3.05, 3.63) is 40.6 Å². The zero-order chi connectivity index (χ0) is 11.8. The standard InChI is InChI=1S/C15H18N2/c1-10-3-4-14-13(9-10)11(2)12-5-7-16-8-6-15(12)17-14/h3-4,9,16H,5-8H2,1-2H3. The number of aryl methyl sites for hydroxylation is 2. The fourth-order valence-corrected chi connectivity index (χ4v) is 2.72. The molecule has 1 aliphatic heterocycles. The van der Waals surface area contributed by atoms with Crippen LogP contribution in [-0.2, 0) is 12.8 Å². The third-order valence-corrected chi connectivity index (χ3v) is 3.70. The SMILES string of the molecule is Cc1ccc2nc3c(c(C)c2c1)CCNCC3. The fraction of sp³-hybridized carbons (Fsp3) is 0.400. The maximum Gasteiger partial charge on any atom is 0.0708 e. The number of fused-ring (bicyclic) bond motifs is 2. The minimum absolute atomic E-state index is 1.05. The highest BCUT2D eigenvalue weighted by atomic mass is 14.9. The van der Waals surface area contributed by atoms with Crippen molar-refractivity contribution in [3.63, 3.8) is 0 Å². The molecule has 0 aliphatic carbocycles.